The lowest BCUT2D eigenvalue weighted by Gasteiger charge is -2.10. The fourth-order valence-electron chi connectivity index (χ4n) is 3.92. The predicted molar refractivity (Wildman–Crippen MR) is 132 cm³/mol. The van der Waals surface area contributed by atoms with Crippen molar-refractivity contribution in [2.24, 2.45) is 0 Å². The van der Waals surface area contributed by atoms with Crippen LogP contribution in [0.1, 0.15) is 27.8 Å². The molecule has 5 rings (SSSR count). The summed E-state index contributed by atoms with van der Waals surface area (Å²) < 4.78 is 19.0. The zero-order valence-electron chi connectivity index (χ0n) is 18.6. The molecule has 0 saturated carbocycles. The van der Waals surface area contributed by atoms with Gasteiger partial charge in [-0.2, -0.15) is 0 Å². The Morgan fingerprint density at radius 1 is 1.06 bits per heavy atom. The summed E-state index contributed by atoms with van der Waals surface area (Å²) in [6.07, 6.45) is 0. The summed E-state index contributed by atoms with van der Waals surface area (Å²) in [5, 5.41) is 4.12. The van der Waals surface area contributed by atoms with Crippen LogP contribution in [-0.4, -0.2) is 33.4 Å². The average Bonchev–Trinajstić information content (AvgIpc) is 3.30. The first-order valence-electron chi connectivity index (χ1n) is 10.9. The molecule has 0 unspecified atom stereocenters. The van der Waals surface area contributed by atoms with Crippen LogP contribution < -0.4 is 11.1 Å². The Bertz CT molecular complexity index is 1610. The van der Waals surface area contributed by atoms with Gasteiger partial charge in [-0.3, -0.25) is 4.79 Å². The van der Waals surface area contributed by atoms with Gasteiger partial charge in [-0.05, 0) is 49.4 Å². The molecular weight excluding hydrogens is 449 g/mol. The number of amides is 1. The molecule has 2 heterocycles. The van der Waals surface area contributed by atoms with Gasteiger partial charge in [0, 0.05) is 21.9 Å². The van der Waals surface area contributed by atoms with E-state index in [1.165, 1.54) is 18.2 Å². The van der Waals surface area contributed by atoms with E-state index in [0.717, 1.165) is 5.39 Å². The van der Waals surface area contributed by atoms with E-state index >= 15 is 0 Å². The number of esters is 1. The zero-order valence-corrected chi connectivity index (χ0v) is 18.6. The number of H-pyrrole nitrogens is 1. The molecule has 1 amide bonds. The van der Waals surface area contributed by atoms with Gasteiger partial charge in [-0.15, -0.1) is 0 Å². The van der Waals surface area contributed by atoms with Gasteiger partial charge in [-0.1, -0.05) is 24.3 Å². The second-order valence-electron chi connectivity index (χ2n) is 7.80. The van der Waals surface area contributed by atoms with Crippen LogP contribution in [0.25, 0.3) is 33.1 Å². The molecule has 2 aromatic heterocycles. The number of para-hydroxylation sites is 1. The van der Waals surface area contributed by atoms with Gasteiger partial charge in [0.25, 0.3) is 5.91 Å². The van der Waals surface area contributed by atoms with E-state index in [2.05, 4.69) is 20.3 Å². The number of aromatic nitrogens is 3. The van der Waals surface area contributed by atoms with Crippen molar-refractivity contribution in [2.75, 3.05) is 17.7 Å². The molecule has 0 atom stereocenters. The molecule has 0 bridgehead atoms. The number of benzene rings is 3. The first-order chi connectivity index (χ1) is 16.9. The van der Waals surface area contributed by atoms with Crippen LogP contribution in [0.2, 0.25) is 0 Å². The number of nitrogen functional groups attached to an aromatic ring is 1. The number of fused-ring (bicyclic) bond motifs is 2. The summed E-state index contributed by atoms with van der Waals surface area (Å²) in [5.41, 5.74) is 9.14. The van der Waals surface area contributed by atoms with Crippen molar-refractivity contribution in [1.82, 2.24) is 15.0 Å². The van der Waals surface area contributed by atoms with Crippen LogP contribution in [0.4, 0.5) is 16.0 Å². The van der Waals surface area contributed by atoms with Crippen molar-refractivity contribution < 1.29 is 18.7 Å². The van der Waals surface area contributed by atoms with Crippen molar-refractivity contribution in [3.63, 3.8) is 0 Å². The van der Waals surface area contributed by atoms with Gasteiger partial charge in [0.05, 0.1) is 29.0 Å². The topological polar surface area (TPSA) is 123 Å². The van der Waals surface area contributed by atoms with Crippen molar-refractivity contribution in [3.8, 4) is 11.3 Å². The number of hydrogen-bond donors (Lipinski definition) is 3. The lowest BCUT2D eigenvalue weighted by atomic mass is 10.0. The third-order valence-electron chi connectivity index (χ3n) is 5.47. The number of anilines is 2. The van der Waals surface area contributed by atoms with E-state index in [1.54, 1.807) is 49.4 Å². The minimum absolute atomic E-state index is 0.0461. The lowest BCUT2D eigenvalue weighted by Crippen LogP contribution is -2.12. The summed E-state index contributed by atoms with van der Waals surface area (Å²) in [7, 11) is 0. The van der Waals surface area contributed by atoms with Gasteiger partial charge < -0.3 is 20.8 Å². The molecule has 0 aliphatic rings. The Morgan fingerprint density at radius 2 is 1.89 bits per heavy atom. The highest BCUT2D eigenvalue weighted by Gasteiger charge is 2.16. The van der Waals surface area contributed by atoms with Crippen molar-refractivity contribution >= 4 is 45.3 Å². The Hall–Kier alpha value is -4.79. The Morgan fingerprint density at radius 3 is 2.71 bits per heavy atom. The maximum Gasteiger partial charge on any atom is 0.354 e. The van der Waals surface area contributed by atoms with Crippen LogP contribution in [0, 0.1) is 5.82 Å². The zero-order chi connectivity index (χ0) is 24.5. The number of hydrogen-bond acceptors (Lipinski definition) is 6. The SMILES string of the molecule is CCOC(=O)c1cc2cccc(NC(=O)c3cccc(-c4nc(N)nc5ccc(F)cc45)c3)c2[nH]1. The normalized spacial score (nSPS) is 11.0. The number of halogens is 1. The number of nitrogens with zero attached hydrogens (tertiary/aromatic N) is 2. The molecule has 0 radical (unpaired) electrons. The second-order valence-corrected chi connectivity index (χ2v) is 7.80. The molecular formula is C26H20FN5O3. The summed E-state index contributed by atoms with van der Waals surface area (Å²) in [6, 6.07) is 18.0. The Kier molecular flexibility index (Phi) is 5.58. The maximum atomic E-state index is 13.9. The standard InChI is InChI=1S/C26H20FN5O3/c1-2-35-25(34)21-12-15-6-4-8-20(23(15)29-21)30-24(33)16-7-3-5-14(11-16)22-18-13-17(27)9-10-19(18)31-26(28)32-22/h3-13,29H,2H2,1H3,(H,30,33)(H2,28,31,32). The van der Waals surface area contributed by atoms with Gasteiger partial charge in [-0.25, -0.2) is 19.2 Å². The number of nitrogens with two attached hydrogens (primary N) is 1. The quantitative estimate of drug-likeness (QED) is 0.314. The van der Waals surface area contributed by atoms with E-state index in [1.807, 2.05) is 6.07 Å². The maximum absolute atomic E-state index is 13.9. The molecule has 8 nitrogen and oxygen atoms in total. The summed E-state index contributed by atoms with van der Waals surface area (Å²) in [4.78, 5) is 36.7. The number of aromatic amines is 1. The molecule has 0 aliphatic heterocycles. The average molecular weight is 469 g/mol. The number of carbonyl (C=O) groups is 2. The third-order valence-corrected chi connectivity index (χ3v) is 5.47. The van der Waals surface area contributed by atoms with E-state index in [-0.39, 0.29) is 18.5 Å². The van der Waals surface area contributed by atoms with E-state index < -0.39 is 11.8 Å². The molecule has 0 spiro atoms. The Balaban J connectivity index is 1.49. The van der Waals surface area contributed by atoms with Crippen LogP contribution in [0.15, 0.2) is 66.7 Å². The van der Waals surface area contributed by atoms with Gasteiger partial charge in [0.2, 0.25) is 5.95 Å². The minimum Gasteiger partial charge on any atom is -0.461 e. The molecule has 9 heteroatoms. The summed E-state index contributed by atoms with van der Waals surface area (Å²) >= 11 is 0. The molecule has 3 aromatic carbocycles. The lowest BCUT2D eigenvalue weighted by molar-refractivity contribution is 0.0520. The summed E-state index contributed by atoms with van der Waals surface area (Å²) in [5.74, 6) is -1.22. The first kappa shape index (κ1) is 22.0. The third kappa shape index (κ3) is 4.26. The van der Waals surface area contributed by atoms with Gasteiger partial charge in [0.15, 0.2) is 0 Å². The second kappa shape index (κ2) is 8.86. The smallest absolute Gasteiger partial charge is 0.354 e. The number of nitrogens with one attached hydrogen (secondary N) is 2. The number of carbonyl (C=O) groups excluding carboxylic acids is 2. The van der Waals surface area contributed by atoms with Crippen molar-refractivity contribution in [1.29, 1.82) is 0 Å². The highest BCUT2D eigenvalue weighted by molar-refractivity contribution is 6.10. The molecule has 0 saturated heterocycles. The summed E-state index contributed by atoms with van der Waals surface area (Å²) in [6.45, 7) is 1.99. The number of rotatable bonds is 5. The highest BCUT2D eigenvalue weighted by Crippen LogP contribution is 2.29. The number of ether oxygens (including phenoxy) is 1. The Labute approximate surface area is 199 Å². The molecule has 0 fully saturated rings. The molecule has 35 heavy (non-hydrogen) atoms. The minimum atomic E-state index is -0.471. The highest BCUT2D eigenvalue weighted by atomic mass is 19.1. The van der Waals surface area contributed by atoms with Crippen LogP contribution >= 0.6 is 0 Å². The van der Waals surface area contributed by atoms with Crippen molar-refractivity contribution in [2.45, 2.75) is 6.92 Å². The largest absolute Gasteiger partial charge is 0.461 e. The van der Waals surface area contributed by atoms with Crippen LogP contribution in [-0.2, 0) is 4.74 Å². The molecule has 0 aliphatic carbocycles. The van der Waals surface area contributed by atoms with E-state index in [0.29, 0.717) is 44.6 Å². The van der Waals surface area contributed by atoms with Gasteiger partial charge in [0.1, 0.15) is 11.5 Å². The van der Waals surface area contributed by atoms with Crippen molar-refractivity contribution in [3.05, 3.63) is 83.8 Å². The molecule has 174 valence electrons. The fraction of sp³-hybridized carbons (Fsp3) is 0.0769. The molecule has 5 aromatic rings. The predicted octanol–water partition coefficient (Wildman–Crippen LogP) is 4.93. The van der Waals surface area contributed by atoms with Crippen LogP contribution in [0.5, 0.6) is 0 Å². The first-order valence-corrected chi connectivity index (χ1v) is 10.9. The van der Waals surface area contributed by atoms with E-state index in [4.69, 9.17) is 10.5 Å². The monoisotopic (exact) mass is 469 g/mol. The molecule has 4 N–H and O–H groups in total. The fourth-order valence-corrected chi connectivity index (χ4v) is 3.92. The van der Waals surface area contributed by atoms with Crippen LogP contribution in [0.3, 0.4) is 0 Å². The van der Waals surface area contributed by atoms with E-state index in [9.17, 15) is 14.0 Å². The van der Waals surface area contributed by atoms with Gasteiger partial charge >= 0.3 is 5.97 Å².